The topological polar surface area (TPSA) is 71.7 Å². The predicted molar refractivity (Wildman–Crippen MR) is 92.6 cm³/mol. The number of aliphatic hydroxyl groups is 2. The van der Waals surface area contributed by atoms with Gasteiger partial charge in [-0.05, 0) is 26.8 Å². The van der Waals surface area contributed by atoms with Crippen molar-refractivity contribution in [2.24, 2.45) is 0 Å². The molecule has 2 unspecified atom stereocenters. The van der Waals surface area contributed by atoms with Gasteiger partial charge < -0.3 is 19.5 Å². The van der Waals surface area contributed by atoms with Gasteiger partial charge in [0.05, 0.1) is 6.10 Å². The first-order chi connectivity index (χ1) is 10.7. The second kappa shape index (κ2) is 6.95. The molecule has 0 saturated heterocycles. The number of esters is 1. The lowest BCUT2D eigenvalue weighted by Gasteiger charge is -2.19. The monoisotopic (exact) mass is 337 g/mol. The van der Waals surface area contributed by atoms with Crippen molar-refractivity contribution in [3.63, 3.8) is 0 Å². The normalized spacial score (nSPS) is 14.7. The number of hydrogen-bond donors (Lipinski definition) is 3. The lowest BCUT2D eigenvalue weighted by atomic mass is 10.0. The molecule has 0 radical (unpaired) electrons. The maximum absolute atomic E-state index is 12.1. The van der Waals surface area contributed by atoms with Crippen LogP contribution in [0.15, 0.2) is 30.5 Å². The van der Waals surface area contributed by atoms with Crippen molar-refractivity contribution in [3.05, 3.63) is 36.0 Å². The second-order valence-electron chi connectivity index (χ2n) is 6.51. The number of aromatic nitrogens is 1. The van der Waals surface area contributed by atoms with Crippen molar-refractivity contribution < 1.29 is 19.7 Å². The molecule has 5 nitrogen and oxygen atoms in total. The summed E-state index contributed by atoms with van der Waals surface area (Å²) in [6.07, 6.45) is -0.345. The molecule has 0 spiro atoms. The number of ether oxygens (including phenoxy) is 1. The van der Waals surface area contributed by atoms with Gasteiger partial charge in [-0.25, -0.2) is 0 Å². The van der Waals surface area contributed by atoms with Gasteiger partial charge in [0.1, 0.15) is 18.2 Å². The third kappa shape index (κ3) is 4.28. The van der Waals surface area contributed by atoms with Crippen molar-refractivity contribution in [1.82, 2.24) is 4.57 Å². The zero-order valence-corrected chi connectivity index (χ0v) is 14.5. The summed E-state index contributed by atoms with van der Waals surface area (Å²) in [5.74, 6) is -0.207. The summed E-state index contributed by atoms with van der Waals surface area (Å²) in [6.45, 7) is 5.49. The minimum absolute atomic E-state index is 0.0431. The predicted octanol–water partition coefficient (Wildman–Crippen LogP) is 2.31. The van der Waals surface area contributed by atoms with Gasteiger partial charge in [0.2, 0.25) is 0 Å². The standard InChI is InChI=1S/C17H23NO4S/c1-17(2,3)22-15(20)9-18-8-12(16(21)14(19)10-23)11-6-4-5-7-13(11)18/h4-8,14,16,19,21,23H,9-10H2,1-3H3. The number of hydrogen-bond acceptors (Lipinski definition) is 5. The molecule has 1 heterocycles. The Kier molecular flexibility index (Phi) is 5.39. The molecule has 0 aliphatic rings. The molecular formula is C17H23NO4S. The van der Waals surface area contributed by atoms with Crippen LogP contribution in [0.4, 0.5) is 0 Å². The zero-order chi connectivity index (χ0) is 17.2. The molecule has 0 fully saturated rings. The molecule has 2 N–H and O–H groups in total. The van der Waals surface area contributed by atoms with Gasteiger partial charge in [0.15, 0.2) is 0 Å². The molecular weight excluding hydrogens is 314 g/mol. The minimum atomic E-state index is -1.06. The van der Waals surface area contributed by atoms with Crippen LogP contribution < -0.4 is 0 Å². The molecule has 6 heteroatoms. The van der Waals surface area contributed by atoms with E-state index in [1.807, 2.05) is 45.0 Å². The highest BCUT2D eigenvalue weighted by Crippen LogP contribution is 2.29. The third-order valence-electron chi connectivity index (χ3n) is 3.41. The van der Waals surface area contributed by atoms with Crippen molar-refractivity contribution in [3.8, 4) is 0 Å². The van der Waals surface area contributed by atoms with Crippen molar-refractivity contribution >= 4 is 29.5 Å². The molecule has 0 aliphatic heterocycles. The molecule has 126 valence electrons. The van der Waals surface area contributed by atoms with Crippen molar-refractivity contribution in [1.29, 1.82) is 0 Å². The Balaban J connectivity index is 2.36. The first-order valence-corrected chi connectivity index (χ1v) is 8.13. The maximum Gasteiger partial charge on any atom is 0.326 e. The maximum atomic E-state index is 12.1. The second-order valence-corrected chi connectivity index (χ2v) is 6.88. The number of carbonyl (C=O) groups is 1. The van der Waals surface area contributed by atoms with E-state index in [2.05, 4.69) is 12.6 Å². The summed E-state index contributed by atoms with van der Waals surface area (Å²) in [5, 5.41) is 20.9. The molecule has 0 amide bonds. The quantitative estimate of drug-likeness (QED) is 0.578. The van der Waals surface area contributed by atoms with Crippen LogP contribution in [0.25, 0.3) is 10.9 Å². The van der Waals surface area contributed by atoms with Crippen LogP contribution in [0, 0.1) is 0 Å². The Morgan fingerprint density at radius 1 is 1.30 bits per heavy atom. The minimum Gasteiger partial charge on any atom is -0.459 e. The number of rotatable bonds is 5. The van der Waals surface area contributed by atoms with Crippen LogP contribution in [-0.2, 0) is 16.1 Å². The van der Waals surface area contributed by atoms with Crippen LogP contribution in [0.1, 0.15) is 32.4 Å². The zero-order valence-electron chi connectivity index (χ0n) is 13.6. The molecule has 0 aliphatic carbocycles. The summed E-state index contributed by atoms with van der Waals surface area (Å²) in [4.78, 5) is 12.1. The number of benzene rings is 1. The Labute approximate surface area is 141 Å². The largest absolute Gasteiger partial charge is 0.459 e. The highest BCUT2D eigenvalue weighted by Gasteiger charge is 2.23. The van der Waals surface area contributed by atoms with Crippen LogP contribution in [-0.4, -0.2) is 38.2 Å². The van der Waals surface area contributed by atoms with E-state index in [0.717, 1.165) is 10.9 Å². The molecule has 0 saturated carbocycles. The Morgan fingerprint density at radius 2 is 1.96 bits per heavy atom. The van der Waals surface area contributed by atoms with E-state index in [1.165, 1.54) is 0 Å². The summed E-state index contributed by atoms with van der Waals surface area (Å²) >= 11 is 4.02. The van der Waals surface area contributed by atoms with Crippen molar-refractivity contribution in [2.45, 2.75) is 45.1 Å². The Hall–Kier alpha value is -1.50. The van der Waals surface area contributed by atoms with E-state index in [9.17, 15) is 15.0 Å². The van der Waals surface area contributed by atoms with E-state index in [1.54, 1.807) is 10.8 Å². The Morgan fingerprint density at radius 3 is 2.57 bits per heavy atom. The van der Waals surface area contributed by atoms with Crippen LogP contribution >= 0.6 is 12.6 Å². The summed E-state index contributed by atoms with van der Waals surface area (Å²) in [5.41, 5.74) is 0.828. The van der Waals surface area contributed by atoms with E-state index in [0.29, 0.717) is 5.56 Å². The van der Waals surface area contributed by atoms with E-state index >= 15 is 0 Å². The van der Waals surface area contributed by atoms with Gasteiger partial charge in [-0.2, -0.15) is 12.6 Å². The SMILES string of the molecule is CC(C)(C)OC(=O)Cn1cc(C(O)C(O)CS)c2ccccc21. The highest BCUT2D eigenvalue weighted by molar-refractivity contribution is 7.80. The fraction of sp³-hybridized carbons (Fsp3) is 0.471. The van der Waals surface area contributed by atoms with E-state index < -0.39 is 17.8 Å². The van der Waals surface area contributed by atoms with Gasteiger partial charge in [0.25, 0.3) is 0 Å². The number of carbonyl (C=O) groups excluding carboxylic acids is 1. The molecule has 23 heavy (non-hydrogen) atoms. The van der Waals surface area contributed by atoms with E-state index in [4.69, 9.17) is 4.74 Å². The average molecular weight is 337 g/mol. The van der Waals surface area contributed by atoms with Gasteiger partial charge in [0, 0.05) is 28.4 Å². The molecule has 1 aromatic carbocycles. The van der Waals surface area contributed by atoms with Crippen molar-refractivity contribution in [2.75, 3.05) is 5.75 Å². The summed E-state index contributed by atoms with van der Waals surface area (Å²) in [7, 11) is 0. The smallest absolute Gasteiger partial charge is 0.326 e. The van der Waals surface area contributed by atoms with E-state index in [-0.39, 0.29) is 18.3 Å². The van der Waals surface area contributed by atoms with Gasteiger partial charge >= 0.3 is 5.97 Å². The number of nitrogens with zero attached hydrogens (tertiary/aromatic N) is 1. The van der Waals surface area contributed by atoms with Crippen LogP contribution in [0.3, 0.4) is 0 Å². The molecule has 0 bridgehead atoms. The number of fused-ring (bicyclic) bond motifs is 1. The average Bonchev–Trinajstić information content (AvgIpc) is 2.82. The number of aliphatic hydroxyl groups excluding tert-OH is 2. The molecule has 1 aromatic heterocycles. The lowest BCUT2D eigenvalue weighted by molar-refractivity contribution is -0.155. The first-order valence-electron chi connectivity index (χ1n) is 7.49. The molecule has 2 aromatic rings. The van der Waals surface area contributed by atoms with Gasteiger partial charge in [-0.3, -0.25) is 4.79 Å². The Bertz CT molecular complexity index is 689. The highest BCUT2D eigenvalue weighted by atomic mass is 32.1. The third-order valence-corrected chi connectivity index (χ3v) is 3.78. The molecule has 2 atom stereocenters. The summed E-state index contributed by atoms with van der Waals surface area (Å²) in [6, 6.07) is 7.43. The first kappa shape index (κ1) is 17.8. The number of para-hydroxylation sites is 1. The van der Waals surface area contributed by atoms with Gasteiger partial charge in [-0.15, -0.1) is 0 Å². The fourth-order valence-corrected chi connectivity index (χ4v) is 2.66. The number of thiol groups is 1. The van der Waals surface area contributed by atoms with Crippen LogP contribution in [0.2, 0.25) is 0 Å². The van der Waals surface area contributed by atoms with Crippen LogP contribution in [0.5, 0.6) is 0 Å². The molecule has 2 rings (SSSR count). The summed E-state index contributed by atoms with van der Waals surface area (Å²) < 4.78 is 7.07. The lowest BCUT2D eigenvalue weighted by Crippen LogP contribution is -2.26. The van der Waals surface area contributed by atoms with Gasteiger partial charge in [-0.1, -0.05) is 18.2 Å². The fourth-order valence-electron chi connectivity index (χ4n) is 2.46.